The van der Waals surface area contributed by atoms with Crippen molar-refractivity contribution in [2.24, 2.45) is 0 Å². The Kier molecular flexibility index (Phi) is 4.58. The van der Waals surface area contributed by atoms with Crippen LogP contribution in [-0.2, 0) is 27.2 Å². The molecule has 0 aliphatic heterocycles. The fourth-order valence-electron chi connectivity index (χ4n) is 2.25. The molecule has 1 aliphatic carbocycles. The predicted molar refractivity (Wildman–Crippen MR) is 73.2 cm³/mol. The Hall–Kier alpha value is -1.81. The van der Waals surface area contributed by atoms with Crippen LogP contribution in [0.3, 0.4) is 0 Å². The largest absolute Gasteiger partial charge is 0.466 e. The quantitative estimate of drug-likeness (QED) is 0.652. The third kappa shape index (κ3) is 3.58. The van der Waals surface area contributed by atoms with Crippen molar-refractivity contribution in [1.82, 2.24) is 5.48 Å². The summed E-state index contributed by atoms with van der Waals surface area (Å²) < 4.78 is 4.96. The van der Waals surface area contributed by atoms with Crippen molar-refractivity contribution in [3.05, 3.63) is 40.6 Å². The lowest BCUT2D eigenvalue weighted by atomic mass is 9.93. The Balaban J connectivity index is 2.11. The monoisotopic (exact) mass is 261 g/mol. The van der Waals surface area contributed by atoms with E-state index in [1.807, 2.05) is 19.1 Å². The van der Waals surface area contributed by atoms with Crippen molar-refractivity contribution in [1.29, 1.82) is 0 Å². The van der Waals surface area contributed by atoms with Crippen LogP contribution < -0.4 is 5.48 Å². The van der Waals surface area contributed by atoms with E-state index in [0.29, 0.717) is 13.0 Å². The zero-order valence-electron chi connectivity index (χ0n) is 11.4. The summed E-state index contributed by atoms with van der Waals surface area (Å²) in [6.45, 7) is 2.25. The molecule has 1 aromatic rings. The van der Waals surface area contributed by atoms with Crippen molar-refractivity contribution in [3.8, 4) is 0 Å². The number of benzene rings is 1. The van der Waals surface area contributed by atoms with E-state index in [-0.39, 0.29) is 5.97 Å². The molecule has 0 saturated heterocycles. The number of hydrogen-bond acceptors (Lipinski definition) is 4. The maximum Gasteiger partial charge on any atom is 0.310 e. The van der Waals surface area contributed by atoms with Gasteiger partial charge in [0.15, 0.2) is 0 Å². The molecule has 1 N–H and O–H groups in total. The highest BCUT2D eigenvalue weighted by molar-refractivity contribution is 5.73. The second kappa shape index (κ2) is 6.38. The van der Waals surface area contributed by atoms with Gasteiger partial charge in [0.25, 0.3) is 0 Å². The minimum absolute atomic E-state index is 0.171. The Morgan fingerprint density at radius 3 is 2.95 bits per heavy atom. The van der Waals surface area contributed by atoms with E-state index in [1.165, 1.54) is 11.1 Å². The molecule has 0 radical (unpaired) electrons. The lowest BCUT2D eigenvalue weighted by Gasteiger charge is -2.17. The van der Waals surface area contributed by atoms with Crippen LogP contribution in [-0.4, -0.2) is 19.7 Å². The van der Waals surface area contributed by atoms with Crippen molar-refractivity contribution < 1.29 is 14.4 Å². The molecule has 4 nitrogen and oxygen atoms in total. The molecule has 2 rings (SSSR count). The van der Waals surface area contributed by atoms with Gasteiger partial charge >= 0.3 is 5.97 Å². The molecule has 19 heavy (non-hydrogen) atoms. The van der Waals surface area contributed by atoms with E-state index in [1.54, 1.807) is 7.11 Å². The van der Waals surface area contributed by atoms with Crippen LogP contribution in [0.4, 0.5) is 0 Å². The Morgan fingerprint density at radius 1 is 1.37 bits per heavy atom. The number of carbonyl (C=O) groups is 1. The van der Waals surface area contributed by atoms with E-state index < -0.39 is 0 Å². The minimum atomic E-state index is -0.171. The summed E-state index contributed by atoms with van der Waals surface area (Å²) in [5, 5.41) is 0. The second-order valence-electron chi connectivity index (χ2n) is 4.49. The van der Waals surface area contributed by atoms with Crippen LogP contribution in [0.15, 0.2) is 23.9 Å². The van der Waals surface area contributed by atoms with Crippen molar-refractivity contribution >= 4 is 12.0 Å². The van der Waals surface area contributed by atoms with Crippen LogP contribution in [0.25, 0.3) is 6.08 Å². The maximum absolute atomic E-state index is 11.5. The van der Waals surface area contributed by atoms with Crippen LogP contribution in [0.1, 0.15) is 30.0 Å². The summed E-state index contributed by atoms with van der Waals surface area (Å²) >= 11 is 0. The van der Waals surface area contributed by atoms with Crippen molar-refractivity contribution in [2.45, 2.75) is 26.2 Å². The summed E-state index contributed by atoms with van der Waals surface area (Å²) in [7, 11) is 1.61. The first-order chi connectivity index (χ1) is 9.22. The molecule has 0 saturated carbocycles. The van der Waals surface area contributed by atoms with Gasteiger partial charge in [-0.25, -0.2) is 0 Å². The number of hydroxylamine groups is 1. The number of aryl methyl sites for hydroxylation is 1. The van der Waals surface area contributed by atoms with Crippen LogP contribution in [0.2, 0.25) is 0 Å². The molecule has 0 amide bonds. The van der Waals surface area contributed by atoms with E-state index in [9.17, 15) is 4.79 Å². The number of ether oxygens (including phenoxy) is 1. The minimum Gasteiger partial charge on any atom is -0.466 e. The van der Waals surface area contributed by atoms with Crippen LogP contribution in [0.5, 0.6) is 0 Å². The van der Waals surface area contributed by atoms with Gasteiger partial charge in [0.05, 0.1) is 20.1 Å². The molecular formula is C15H19NO3. The number of hydrogen-bond donors (Lipinski definition) is 1. The lowest BCUT2D eigenvalue weighted by molar-refractivity contribution is -0.142. The van der Waals surface area contributed by atoms with Crippen LogP contribution in [0, 0.1) is 0 Å². The molecule has 0 aromatic heterocycles. The number of nitrogens with one attached hydrogen (secondary N) is 1. The summed E-state index contributed by atoms with van der Waals surface area (Å²) in [6, 6.07) is 6.11. The van der Waals surface area contributed by atoms with Gasteiger partial charge in [-0.15, -0.1) is 0 Å². The first-order valence-corrected chi connectivity index (χ1v) is 6.50. The molecule has 102 valence electrons. The fourth-order valence-corrected chi connectivity index (χ4v) is 2.25. The first-order valence-electron chi connectivity index (χ1n) is 6.50. The van der Waals surface area contributed by atoms with Crippen molar-refractivity contribution in [2.75, 3.05) is 13.7 Å². The lowest BCUT2D eigenvalue weighted by Crippen LogP contribution is -2.15. The third-order valence-corrected chi connectivity index (χ3v) is 3.09. The summed E-state index contributed by atoms with van der Waals surface area (Å²) in [4.78, 5) is 16.4. The normalized spacial score (nSPS) is 13.5. The van der Waals surface area contributed by atoms with E-state index in [0.717, 1.165) is 24.1 Å². The zero-order chi connectivity index (χ0) is 13.7. The molecule has 1 aliphatic rings. The molecular weight excluding hydrogens is 242 g/mol. The zero-order valence-corrected chi connectivity index (χ0v) is 11.4. The van der Waals surface area contributed by atoms with Gasteiger partial charge in [0.1, 0.15) is 0 Å². The molecule has 1 aromatic carbocycles. The Morgan fingerprint density at radius 2 is 2.21 bits per heavy atom. The van der Waals surface area contributed by atoms with E-state index in [4.69, 9.17) is 9.57 Å². The summed E-state index contributed by atoms with van der Waals surface area (Å²) in [6.07, 6.45) is 4.29. The Labute approximate surface area is 113 Å². The van der Waals surface area contributed by atoms with E-state index in [2.05, 4.69) is 17.6 Å². The molecule has 0 heterocycles. The average Bonchev–Trinajstić information content (AvgIpc) is 2.39. The molecule has 0 fully saturated rings. The number of esters is 1. The highest BCUT2D eigenvalue weighted by Gasteiger charge is 2.12. The second-order valence-corrected chi connectivity index (χ2v) is 4.49. The van der Waals surface area contributed by atoms with E-state index >= 15 is 0 Å². The van der Waals surface area contributed by atoms with Gasteiger partial charge in [-0.1, -0.05) is 18.2 Å². The number of allylic oxidation sites excluding steroid dienone is 1. The van der Waals surface area contributed by atoms with Gasteiger partial charge in [0, 0.05) is 5.70 Å². The number of carbonyl (C=O) groups excluding carboxylic acids is 1. The van der Waals surface area contributed by atoms with Gasteiger partial charge in [0.2, 0.25) is 0 Å². The molecule has 0 spiro atoms. The van der Waals surface area contributed by atoms with Gasteiger partial charge < -0.3 is 4.74 Å². The fraction of sp³-hybridized carbons (Fsp3) is 0.400. The topological polar surface area (TPSA) is 47.6 Å². The average molecular weight is 261 g/mol. The standard InChI is InChI=1S/C15H19NO3/c1-3-19-15(17)9-11-4-5-13-10-14(16-18-2)7-6-12(13)8-11/h4-5,8,10,16H,3,6-7,9H2,1-2H3. The molecule has 4 heteroatoms. The summed E-state index contributed by atoms with van der Waals surface area (Å²) in [5.74, 6) is -0.171. The highest BCUT2D eigenvalue weighted by atomic mass is 16.6. The number of fused-ring (bicyclic) bond motifs is 1. The first kappa shape index (κ1) is 13.6. The maximum atomic E-state index is 11.5. The molecule has 0 atom stereocenters. The molecule has 0 bridgehead atoms. The highest BCUT2D eigenvalue weighted by Crippen LogP contribution is 2.24. The summed E-state index contributed by atoms with van der Waals surface area (Å²) in [5.41, 5.74) is 7.41. The van der Waals surface area contributed by atoms with Crippen molar-refractivity contribution in [3.63, 3.8) is 0 Å². The smallest absolute Gasteiger partial charge is 0.310 e. The SMILES string of the molecule is CCOC(=O)Cc1ccc2c(c1)CCC(NOC)=C2. The van der Waals surface area contributed by atoms with Crippen LogP contribution >= 0.6 is 0 Å². The third-order valence-electron chi connectivity index (χ3n) is 3.09. The number of rotatable bonds is 5. The van der Waals surface area contributed by atoms with Gasteiger partial charge in [-0.3, -0.25) is 15.1 Å². The van der Waals surface area contributed by atoms with Gasteiger partial charge in [-0.05, 0) is 42.5 Å². The Bertz CT molecular complexity index is 494. The predicted octanol–water partition coefficient (Wildman–Crippen LogP) is 2.23. The molecule has 0 unspecified atom stereocenters. The van der Waals surface area contributed by atoms with Gasteiger partial charge in [-0.2, -0.15) is 0 Å².